The maximum atomic E-state index is 10.6. The fourth-order valence-corrected chi connectivity index (χ4v) is 4.16. The zero-order valence-corrected chi connectivity index (χ0v) is 12.4. The monoisotopic (exact) mass is 307 g/mol. The van der Waals surface area contributed by atoms with Gasteiger partial charge < -0.3 is 9.67 Å². The average molecular weight is 307 g/mol. The number of benzene rings is 1. The van der Waals surface area contributed by atoms with E-state index < -0.39 is 5.97 Å². The van der Waals surface area contributed by atoms with Crippen molar-refractivity contribution in [1.82, 2.24) is 14.8 Å². The van der Waals surface area contributed by atoms with Gasteiger partial charge in [-0.1, -0.05) is 30.0 Å². The fourth-order valence-electron chi connectivity index (χ4n) is 2.18. The van der Waals surface area contributed by atoms with Gasteiger partial charge in [0.2, 0.25) is 0 Å². The number of fused-ring (bicyclic) bond motifs is 1. The van der Waals surface area contributed by atoms with Gasteiger partial charge in [0.05, 0.1) is 11.0 Å². The van der Waals surface area contributed by atoms with Crippen molar-refractivity contribution in [2.24, 2.45) is 7.05 Å². The number of nitrogens with zero attached hydrogens (tertiary/aromatic N) is 3. The van der Waals surface area contributed by atoms with Crippen molar-refractivity contribution in [2.75, 3.05) is 5.75 Å². The number of carboxylic acids is 1. The minimum atomic E-state index is -0.845. The number of rotatable bonds is 4. The SMILES string of the molecule is Cn1c(SCC(=O)O)nnc1C1Cc2ccccc2S1. The number of aliphatic carboxylic acids is 1. The van der Waals surface area contributed by atoms with E-state index in [9.17, 15) is 4.79 Å². The maximum absolute atomic E-state index is 10.6. The van der Waals surface area contributed by atoms with Crippen molar-refractivity contribution < 1.29 is 9.90 Å². The Morgan fingerprint density at radius 1 is 1.50 bits per heavy atom. The van der Waals surface area contributed by atoms with Gasteiger partial charge in [0.15, 0.2) is 5.16 Å². The third kappa shape index (κ3) is 2.55. The summed E-state index contributed by atoms with van der Waals surface area (Å²) in [5.41, 5.74) is 1.34. The number of hydrogen-bond donors (Lipinski definition) is 1. The standard InChI is InChI=1S/C13H13N3O2S2/c1-16-12(14-15-13(16)19-7-11(17)18)10-6-8-4-2-3-5-9(8)20-10/h2-5,10H,6-7H2,1H3,(H,17,18). The van der Waals surface area contributed by atoms with Crippen LogP contribution in [0.15, 0.2) is 34.3 Å². The van der Waals surface area contributed by atoms with Gasteiger partial charge >= 0.3 is 5.97 Å². The quantitative estimate of drug-likeness (QED) is 0.875. The van der Waals surface area contributed by atoms with Crippen LogP contribution in [0.1, 0.15) is 16.6 Å². The molecule has 1 N–H and O–H groups in total. The second kappa shape index (κ2) is 5.49. The van der Waals surface area contributed by atoms with Crippen LogP contribution in [0.5, 0.6) is 0 Å². The van der Waals surface area contributed by atoms with Gasteiger partial charge in [0, 0.05) is 11.9 Å². The molecule has 1 atom stereocenters. The lowest BCUT2D eigenvalue weighted by Gasteiger charge is -2.08. The van der Waals surface area contributed by atoms with Gasteiger partial charge in [-0.3, -0.25) is 4.79 Å². The van der Waals surface area contributed by atoms with E-state index in [-0.39, 0.29) is 11.0 Å². The van der Waals surface area contributed by atoms with Gasteiger partial charge in [0.25, 0.3) is 0 Å². The van der Waals surface area contributed by atoms with Crippen LogP contribution in [-0.4, -0.2) is 31.6 Å². The number of hydrogen-bond acceptors (Lipinski definition) is 5. The Bertz CT molecular complexity index is 632. The molecule has 2 heterocycles. The molecule has 0 bridgehead atoms. The van der Waals surface area contributed by atoms with Crippen molar-refractivity contribution >= 4 is 29.5 Å². The molecule has 1 aromatic carbocycles. The molecule has 0 radical (unpaired) electrons. The topological polar surface area (TPSA) is 68.0 Å². The van der Waals surface area contributed by atoms with Crippen molar-refractivity contribution in [3.05, 3.63) is 35.7 Å². The largest absolute Gasteiger partial charge is 0.481 e. The molecule has 104 valence electrons. The molecule has 0 amide bonds. The molecule has 0 fully saturated rings. The Hall–Kier alpha value is -1.47. The van der Waals surface area contributed by atoms with Crippen LogP contribution in [0.25, 0.3) is 0 Å². The van der Waals surface area contributed by atoms with Crippen LogP contribution < -0.4 is 0 Å². The Kier molecular flexibility index (Phi) is 3.71. The van der Waals surface area contributed by atoms with E-state index in [2.05, 4.69) is 22.3 Å². The van der Waals surface area contributed by atoms with E-state index in [1.807, 2.05) is 23.7 Å². The lowest BCUT2D eigenvalue weighted by Crippen LogP contribution is -2.05. The van der Waals surface area contributed by atoms with Gasteiger partial charge in [0.1, 0.15) is 5.82 Å². The molecule has 1 aliphatic rings. The van der Waals surface area contributed by atoms with Gasteiger partial charge in [-0.05, 0) is 18.1 Å². The molecule has 5 nitrogen and oxygen atoms in total. The van der Waals surface area contributed by atoms with Crippen molar-refractivity contribution in [3.8, 4) is 0 Å². The smallest absolute Gasteiger partial charge is 0.313 e. The van der Waals surface area contributed by atoms with Crippen molar-refractivity contribution in [3.63, 3.8) is 0 Å². The summed E-state index contributed by atoms with van der Waals surface area (Å²) in [6.45, 7) is 0. The second-order valence-corrected chi connectivity index (χ2v) is 6.69. The normalized spacial score (nSPS) is 17.1. The summed E-state index contributed by atoms with van der Waals surface area (Å²) in [5, 5.41) is 18.0. The van der Waals surface area contributed by atoms with E-state index in [0.29, 0.717) is 5.16 Å². The number of thioether (sulfide) groups is 2. The first-order chi connectivity index (χ1) is 9.65. The van der Waals surface area contributed by atoms with Crippen LogP contribution in [-0.2, 0) is 18.3 Å². The van der Waals surface area contributed by atoms with Gasteiger partial charge in [-0.2, -0.15) is 0 Å². The van der Waals surface area contributed by atoms with E-state index in [1.54, 1.807) is 11.8 Å². The third-order valence-electron chi connectivity index (χ3n) is 3.13. The molecule has 1 aliphatic heterocycles. The highest BCUT2D eigenvalue weighted by atomic mass is 32.2. The summed E-state index contributed by atoms with van der Waals surface area (Å²) in [6.07, 6.45) is 0.941. The zero-order valence-electron chi connectivity index (χ0n) is 10.8. The van der Waals surface area contributed by atoms with E-state index >= 15 is 0 Å². The molecule has 0 saturated carbocycles. The molecular weight excluding hydrogens is 294 g/mol. The minimum Gasteiger partial charge on any atom is -0.481 e. The summed E-state index contributed by atoms with van der Waals surface area (Å²) in [6, 6.07) is 8.35. The summed E-state index contributed by atoms with van der Waals surface area (Å²) in [7, 11) is 1.89. The summed E-state index contributed by atoms with van der Waals surface area (Å²) in [5.74, 6) is 0.0607. The maximum Gasteiger partial charge on any atom is 0.313 e. The number of carboxylic acid groups (broad SMARTS) is 1. The lowest BCUT2D eigenvalue weighted by molar-refractivity contribution is -0.133. The average Bonchev–Trinajstić information content (AvgIpc) is 2.99. The van der Waals surface area contributed by atoms with Crippen LogP contribution in [0.2, 0.25) is 0 Å². The van der Waals surface area contributed by atoms with Crippen molar-refractivity contribution in [2.45, 2.75) is 21.7 Å². The molecular formula is C13H13N3O2S2. The molecule has 3 rings (SSSR count). The molecule has 0 saturated heterocycles. The number of aromatic nitrogens is 3. The lowest BCUT2D eigenvalue weighted by atomic mass is 10.1. The first-order valence-corrected chi connectivity index (χ1v) is 8.00. The highest BCUT2D eigenvalue weighted by Crippen LogP contribution is 2.45. The molecule has 7 heteroatoms. The Morgan fingerprint density at radius 2 is 2.30 bits per heavy atom. The molecule has 0 aliphatic carbocycles. The Morgan fingerprint density at radius 3 is 3.05 bits per heavy atom. The molecule has 0 spiro atoms. The molecule has 20 heavy (non-hydrogen) atoms. The zero-order chi connectivity index (χ0) is 14.1. The second-order valence-electron chi connectivity index (χ2n) is 4.50. The molecule has 1 unspecified atom stereocenters. The van der Waals surface area contributed by atoms with Crippen LogP contribution >= 0.6 is 23.5 Å². The molecule has 2 aromatic rings. The minimum absolute atomic E-state index is 0.00398. The molecule has 1 aromatic heterocycles. The summed E-state index contributed by atoms with van der Waals surface area (Å²) >= 11 is 2.99. The Labute approximate surface area is 124 Å². The van der Waals surface area contributed by atoms with Gasteiger partial charge in [-0.15, -0.1) is 22.0 Å². The van der Waals surface area contributed by atoms with E-state index in [0.717, 1.165) is 12.2 Å². The predicted octanol–water partition coefficient (Wildman–Crippen LogP) is 2.38. The number of carbonyl (C=O) groups is 1. The predicted molar refractivity (Wildman–Crippen MR) is 78.1 cm³/mol. The van der Waals surface area contributed by atoms with Crippen molar-refractivity contribution in [1.29, 1.82) is 0 Å². The van der Waals surface area contributed by atoms with Crippen LogP contribution in [0.3, 0.4) is 0 Å². The fraction of sp³-hybridized carbons (Fsp3) is 0.308. The van der Waals surface area contributed by atoms with E-state index in [4.69, 9.17) is 5.11 Å². The van der Waals surface area contributed by atoms with Crippen LogP contribution in [0, 0.1) is 0 Å². The van der Waals surface area contributed by atoms with Gasteiger partial charge in [-0.25, -0.2) is 0 Å². The Balaban J connectivity index is 1.78. The summed E-state index contributed by atoms with van der Waals surface area (Å²) < 4.78 is 1.90. The van der Waals surface area contributed by atoms with Crippen LogP contribution in [0.4, 0.5) is 0 Å². The highest BCUT2D eigenvalue weighted by Gasteiger charge is 2.28. The summed E-state index contributed by atoms with van der Waals surface area (Å²) in [4.78, 5) is 11.9. The van der Waals surface area contributed by atoms with E-state index in [1.165, 1.54) is 22.2 Å². The first-order valence-electron chi connectivity index (χ1n) is 6.13. The highest BCUT2D eigenvalue weighted by molar-refractivity contribution is 8.00. The third-order valence-corrected chi connectivity index (χ3v) is 5.45. The first kappa shape index (κ1) is 13.5.